The molecule has 3 amide bonds. The van der Waals surface area contributed by atoms with E-state index in [4.69, 9.17) is 11.6 Å². The highest BCUT2D eigenvalue weighted by Crippen LogP contribution is 2.45. The van der Waals surface area contributed by atoms with E-state index in [-0.39, 0.29) is 5.91 Å². The number of carbonyl (C=O) groups excluding carboxylic acids is 3. The van der Waals surface area contributed by atoms with E-state index < -0.39 is 35.7 Å². The van der Waals surface area contributed by atoms with Crippen molar-refractivity contribution in [1.29, 1.82) is 0 Å². The number of carbonyl (C=O) groups is 3. The van der Waals surface area contributed by atoms with E-state index >= 15 is 0 Å². The number of rotatable bonds is 3. The number of anilines is 2. The highest BCUT2D eigenvalue weighted by Gasteiger charge is 2.64. The molecule has 7 nitrogen and oxygen atoms in total. The van der Waals surface area contributed by atoms with Crippen LogP contribution in [-0.2, 0) is 14.4 Å². The van der Waals surface area contributed by atoms with Crippen molar-refractivity contribution in [2.24, 2.45) is 16.9 Å². The third-order valence-electron chi connectivity index (χ3n) is 5.76. The van der Waals surface area contributed by atoms with E-state index in [1.165, 1.54) is 4.90 Å². The Morgan fingerprint density at radius 3 is 2.39 bits per heavy atom. The fourth-order valence-electron chi connectivity index (χ4n) is 4.43. The zero-order valence-corrected chi connectivity index (χ0v) is 18.3. The summed E-state index contributed by atoms with van der Waals surface area (Å²) < 4.78 is 0.839. The minimum Gasteiger partial charge on any atom is -0.324 e. The minimum absolute atomic E-state index is 0.323. The molecule has 4 unspecified atom stereocenters. The van der Waals surface area contributed by atoms with Crippen molar-refractivity contribution in [2.45, 2.75) is 12.1 Å². The molecule has 31 heavy (non-hydrogen) atoms. The van der Waals surface area contributed by atoms with E-state index in [0.29, 0.717) is 16.4 Å². The lowest BCUT2D eigenvalue weighted by Crippen LogP contribution is -2.47. The van der Waals surface area contributed by atoms with Crippen LogP contribution < -0.4 is 10.2 Å². The van der Waals surface area contributed by atoms with Crippen molar-refractivity contribution in [2.75, 3.05) is 10.2 Å². The Labute approximate surface area is 191 Å². The molecule has 0 aliphatic carbocycles. The maximum absolute atomic E-state index is 13.4. The van der Waals surface area contributed by atoms with Gasteiger partial charge in [0.1, 0.15) is 6.04 Å². The smallest absolute Gasteiger partial charge is 0.249 e. The Hall–Kier alpha value is -2.97. The average molecular weight is 500 g/mol. The minimum atomic E-state index is -0.913. The zero-order chi connectivity index (χ0) is 21.7. The van der Waals surface area contributed by atoms with Gasteiger partial charge >= 0.3 is 0 Å². The molecule has 2 fully saturated rings. The van der Waals surface area contributed by atoms with Crippen molar-refractivity contribution in [3.8, 4) is 0 Å². The second-order valence-corrected chi connectivity index (χ2v) is 8.85. The van der Waals surface area contributed by atoms with Crippen LogP contribution in [0, 0.1) is 11.8 Å². The molecule has 0 aromatic heterocycles. The fraction of sp³-hybridized carbons (Fsp3) is 0.182. The number of amides is 3. The molecule has 2 aromatic rings. The molecule has 5 rings (SSSR count). The van der Waals surface area contributed by atoms with Crippen LogP contribution in [0.4, 0.5) is 11.4 Å². The number of benzene rings is 2. The number of hydrogen-bond acceptors (Lipinski definition) is 5. The van der Waals surface area contributed by atoms with Gasteiger partial charge in [-0.3, -0.25) is 19.4 Å². The maximum Gasteiger partial charge on any atom is 0.249 e. The summed E-state index contributed by atoms with van der Waals surface area (Å²) in [5.41, 5.74) is 1.03. The third kappa shape index (κ3) is 3.26. The van der Waals surface area contributed by atoms with Gasteiger partial charge in [0.2, 0.25) is 17.7 Å². The lowest BCUT2D eigenvalue weighted by molar-refractivity contribution is -0.129. The van der Waals surface area contributed by atoms with Crippen LogP contribution in [0.5, 0.6) is 0 Å². The first-order chi connectivity index (χ1) is 15.0. The summed E-state index contributed by atoms with van der Waals surface area (Å²) in [5.74, 6) is -2.65. The van der Waals surface area contributed by atoms with E-state index in [1.807, 2.05) is 6.08 Å². The Kier molecular flexibility index (Phi) is 4.91. The number of hydrazone groups is 1. The Bertz CT molecular complexity index is 1120. The molecule has 1 N–H and O–H groups in total. The van der Waals surface area contributed by atoms with Crippen LogP contribution in [0.15, 0.2) is 70.3 Å². The molecule has 3 heterocycles. The largest absolute Gasteiger partial charge is 0.324 e. The number of nitrogens with zero attached hydrogens (tertiary/aromatic N) is 3. The summed E-state index contributed by atoms with van der Waals surface area (Å²) in [6.45, 7) is 0. The maximum atomic E-state index is 13.4. The monoisotopic (exact) mass is 498 g/mol. The molecule has 3 aliphatic rings. The van der Waals surface area contributed by atoms with Crippen LogP contribution in [0.3, 0.4) is 0 Å². The summed E-state index contributed by atoms with van der Waals surface area (Å²) >= 11 is 9.28. The topological polar surface area (TPSA) is 82.1 Å². The van der Waals surface area contributed by atoms with Gasteiger partial charge in [0, 0.05) is 21.4 Å². The SMILES string of the molecule is O=C(Nc1ccc(Cl)cc1)C1C2C(=O)N(c3ccc(Br)cc3)C(=O)C2C2C=CC=NN21. The van der Waals surface area contributed by atoms with E-state index in [9.17, 15) is 14.4 Å². The molecule has 4 atom stereocenters. The van der Waals surface area contributed by atoms with E-state index in [1.54, 1.807) is 65.8 Å². The first-order valence-corrected chi connectivity index (χ1v) is 10.8. The average Bonchev–Trinajstić information content (AvgIpc) is 3.24. The number of hydrogen-bond donors (Lipinski definition) is 1. The summed E-state index contributed by atoms with van der Waals surface area (Å²) in [5, 5.41) is 9.26. The van der Waals surface area contributed by atoms with Gasteiger partial charge < -0.3 is 5.32 Å². The van der Waals surface area contributed by atoms with Gasteiger partial charge in [0.25, 0.3) is 0 Å². The van der Waals surface area contributed by atoms with Crippen LogP contribution in [0.2, 0.25) is 5.02 Å². The molecule has 0 saturated carbocycles. The second-order valence-electron chi connectivity index (χ2n) is 7.50. The molecule has 9 heteroatoms. The fourth-order valence-corrected chi connectivity index (χ4v) is 4.82. The highest BCUT2D eigenvalue weighted by atomic mass is 79.9. The van der Waals surface area contributed by atoms with Gasteiger partial charge in [0.05, 0.1) is 23.6 Å². The van der Waals surface area contributed by atoms with Crippen LogP contribution in [0.25, 0.3) is 0 Å². The van der Waals surface area contributed by atoms with Crippen molar-refractivity contribution in [3.05, 3.63) is 70.2 Å². The molecule has 2 aromatic carbocycles. The first kappa shape index (κ1) is 20.0. The standard InChI is InChI=1S/C22H16BrClN4O3/c23-12-3-9-15(10-4-12)27-21(30)17-16-2-1-11-25-28(16)19(18(17)22(27)31)20(29)26-14-7-5-13(24)6-8-14/h1-11,16-19H,(H,26,29). The van der Waals surface area contributed by atoms with Crippen molar-refractivity contribution < 1.29 is 14.4 Å². The van der Waals surface area contributed by atoms with Crippen molar-refractivity contribution >= 4 is 62.8 Å². The van der Waals surface area contributed by atoms with E-state index in [2.05, 4.69) is 26.3 Å². The number of nitrogens with one attached hydrogen (secondary N) is 1. The summed E-state index contributed by atoms with van der Waals surface area (Å²) in [4.78, 5) is 41.2. The Morgan fingerprint density at radius 1 is 1.00 bits per heavy atom. The normalized spacial score (nSPS) is 26.3. The number of imide groups is 1. The number of allylic oxidation sites excluding steroid dienone is 1. The van der Waals surface area contributed by atoms with Gasteiger partial charge in [-0.15, -0.1) is 0 Å². The zero-order valence-electron chi connectivity index (χ0n) is 16.0. The predicted molar refractivity (Wildman–Crippen MR) is 121 cm³/mol. The van der Waals surface area contributed by atoms with Gasteiger partial charge in [-0.2, -0.15) is 5.10 Å². The third-order valence-corrected chi connectivity index (χ3v) is 6.54. The van der Waals surface area contributed by atoms with Gasteiger partial charge in [-0.25, -0.2) is 4.90 Å². The number of halogens is 2. The summed E-state index contributed by atoms with van der Waals surface area (Å²) in [6, 6.07) is 12.3. The molecular weight excluding hydrogens is 484 g/mol. The molecule has 0 spiro atoms. The van der Waals surface area contributed by atoms with Crippen molar-refractivity contribution in [1.82, 2.24) is 5.01 Å². The van der Waals surface area contributed by atoms with Crippen LogP contribution in [-0.4, -0.2) is 41.0 Å². The Balaban J connectivity index is 1.50. The van der Waals surface area contributed by atoms with E-state index in [0.717, 1.165) is 4.47 Å². The quantitative estimate of drug-likeness (QED) is 0.656. The molecule has 0 radical (unpaired) electrons. The molecule has 2 saturated heterocycles. The summed E-state index contributed by atoms with van der Waals surface area (Å²) in [6.07, 6.45) is 5.11. The van der Waals surface area contributed by atoms with Crippen molar-refractivity contribution in [3.63, 3.8) is 0 Å². The molecule has 3 aliphatic heterocycles. The lowest BCUT2D eigenvalue weighted by atomic mass is 9.88. The molecule has 156 valence electrons. The second kappa shape index (κ2) is 7.62. The molecule has 0 bridgehead atoms. The van der Waals surface area contributed by atoms with Crippen LogP contribution >= 0.6 is 27.5 Å². The lowest BCUT2D eigenvalue weighted by Gasteiger charge is -2.30. The van der Waals surface area contributed by atoms with Gasteiger partial charge in [-0.05, 0) is 54.6 Å². The summed E-state index contributed by atoms with van der Waals surface area (Å²) in [7, 11) is 0. The van der Waals surface area contributed by atoms with Crippen LogP contribution in [0.1, 0.15) is 0 Å². The number of fused-ring (bicyclic) bond motifs is 3. The first-order valence-electron chi connectivity index (χ1n) is 9.64. The van der Waals surface area contributed by atoms with Gasteiger partial charge in [-0.1, -0.05) is 33.6 Å². The molecular formula is C22H16BrClN4O3. The highest BCUT2D eigenvalue weighted by molar-refractivity contribution is 9.10. The predicted octanol–water partition coefficient (Wildman–Crippen LogP) is 3.46. The Morgan fingerprint density at radius 2 is 1.68 bits per heavy atom. The van der Waals surface area contributed by atoms with Gasteiger partial charge in [0.15, 0.2) is 0 Å².